The molecule has 0 saturated carbocycles. The first kappa shape index (κ1) is 15.8. The van der Waals surface area contributed by atoms with E-state index >= 15 is 0 Å². The summed E-state index contributed by atoms with van der Waals surface area (Å²) in [5.41, 5.74) is -0.802. The second-order valence-corrected chi connectivity index (χ2v) is 5.86. The minimum atomic E-state index is -4.44. The smallest absolute Gasteiger partial charge is 0.416 e. The second-order valence-electron chi connectivity index (χ2n) is 4.41. The quantitative estimate of drug-likeness (QED) is 0.920. The predicted molar refractivity (Wildman–Crippen MR) is 73.0 cm³/mol. The van der Waals surface area contributed by atoms with Crippen LogP contribution in [0, 0.1) is 0 Å². The van der Waals surface area contributed by atoms with Crippen LogP contribution in [0.2, 0.25) is 0 Å². The van der Waals surface area contributed by atoms with Gasteiger partial charge in [-0.05, 0) is 37.4 Å². The third kappa shape index (κ3) is 4.18. The first-order chi connectivity index (χ1) is 9.90. The maximum absolute atomic E-state index is 12.6. The van der Waals surface area contributed by atoms with Crippen LogP contribution < -0.4 is 5.32 Å². The zero-order chi connectivity index (χ0) is 15.5. The van der Waals surface area contributed by atoms with Gasteiger partial charge >= 0.3 is 6.18 Å². The normalized spacial score (nSPS) is 13.3. The zero-order valence-electron chi connectivity index (χ0n) is 11.2. The van der Waals surface area contributed by atoms with Gasteiger partial charge in [-0.25, -0.2) is 0 Å². The average Bonchev–Trinajstić information content (AvgIpc) is 2.86. The highest BCUT2D eigenvalue weighted by Crippen LogP contribution is 2.30. The Hall–Kier alpha value is -1.60. The SMILES string of the molecule is CNCc1ccc(CS(=O)c2cccc(C(F)(F)F)c2)o1. The Balaban J connectivity index is 2.12. The van der Waals surface area contributed by atoms with Crippen molar-refractivity contribution in [3.05, 3.63) is 53.5 Å². The van der Waals surface area contributed by atoms with Crippen LogP contribution in [0.4, 0.5) is 13.2 Å². The highest BCUT2D eigenvalue weighted by molar-refractivity contribution is 7.84. The topological polar surface area (TPSA) is 42.2 Å². The highest BCUT2D eigenvalue weighted by Gasteiger charge is 2.30. The molecule has 0 bridgehead atoms. The van der Waals surface area contributed by atoms with Crippen LogP contribution >= 0.6 is 0 Å². The molecular formula is C14H14F3NO2S. The number of benzene rings is 1. The van der Waals surface area contributed by atoms with Crippen molar-refractivity contribution in [2.75, 3.05) is 7.05 Å². The summed E-state index contributed by atoms with van der Waals surface area (Å²) < 4.78 is 55.4. The van der Waals surface area contributed by atoms with E-state index in [1.165, 1.54) is 12.1 Å². The summed E-state index contributed by atoms with van der Waals surface area (Å²) in [4.78, 5) is 0.136. The van der Waals surface area contributed by atoms with Gasteiger partial charge in [0.1, 0.15) is 11.5 Å². The largest absolute Gasteiger partial charge is 0.464 e. The lowest BCUT2D eigenvalue weighted by atomic mass is 10.2. The zero-order valence-corrected chi connectivity index (χ0v) is 12.1. The summed E-state index contributed by atoms with van der Waals surface area (Å²) in [7, 11) is 0.183. The van der Waals surface area contributed by atoms with Gasteiger partial charge in [-0.3, -0.25) is 4.21 Å². The van der Waals surface area contributed by atoms with Gasteiger partial charge in [0, 0.05) is 4.90 Å². The third-order valence-corrected chi connectivity index (χ3v) is 4.09. The first-order valence-corrected chi connectivity index (χ1v) is 7.50. The van der Waals surface area contributed by atoms with Crippen LogP contribution in [0.25, 0.3) is 0 Å². The molecule has 0 fully saturated rings. The van der Waals surface area contributed by atoms with E-state index < -0.39 is 22.5 Å². The summed E-state index contributed by atoms with van der Waals surface area (Å²) >= 11 is 0. The van der Waals surface area contributed by atoms with Crippen molar-refractivity contribution in [2.24, 2.45) is 0 Å². The van der Waals surface area contributed by atoms with Crippen molar-refractivity contribution < 1.29 is 21.8 Å². The Morgan fingerprint density at radius 3 is 2.57 bits per heavy atom. The summed E-state index contributed by atoms with van der Waals surface area (Å²) in [5, 5.41) is 2.91. The van der Waals surface area contributed by atoms with Crippen LogP contribution in [-0.2, 0) is 29.3 Å². The molecule has 0 aliphatic heterocycles. The van der Waals surface area contributed by atoms with Gasteiger partial charge in [0.25, 0.3) is 0 Å². The van der Waals surface area contributed by atoms with Gasteiger partial charge in [-0.2, -0.15) is 13.2 Å². The first-order valence-electron chi connectivity index (χ1n) is 6.18. The third-order valence-electron chi connectivity index (χ3n) is 2.77. The van der Waals surface area contributed by atoms with E-state index in [2.05, 4.69) is 5.32 Å². The van der Waals surface area contributed by atoms with Crippen LogP contribution in [0.15, 0.2) is 45.7 Å². The van der Waals surface area contributed by atoms with E-state index in [0.29, 0.717) is 18.1 Å². The second kappa shape index (κ2) is 6.44. The molecule has 0 aliphatic carbocycles. The molecule has 0 radical (unpaired) electrons. The highest BCUT2D eigenvalue weighted by atomic mass is 32.2. The Kier molecular flexibility index (Phi) is 4.84. The molecule has 7 heteroatoms. The van der Waals surface area contributed by atoms with Crippen LogP contribution in [0.1, 0.15) is 17.1 Å². The molecule has 1 heterocycles. The number of hydrogen-bond donors (Lipinski definition) is 1. The molecule has 2 rings (SSSR count). The van der Waals surface area contributed by atoms with Crippen molar-refractivity contribution in [2.45, 2.75) is 23.4 Å². The summed E-state index contributed by atoms with van der Waals surface area (Å²) in [6, 6.07) is 7.97. The number of hydrogen-bond acceptors (Lipinski definition) is 3. The van der Waals surface area contributed by atoms with E-state index in [1.54, 1.807) is 19.2 Å². The molecule has 1 aromatic heterocycles. The molecule has 1 aromatic carbocycles. The number of rotatable bonds is 5. The lowest BCUT2D eigenvalue weighted by Gasteiger charge is -2.08. The summed E-state index contributed by atoms with van der Waals surface area (Å²) in [5.74, 6) is 1.22. The fraction of sp³-hybridized carbons (Fsp3) is 0.286. The Labute approximate surface area is 122 Å². The van der Waals surface area contributed by atoms with E-state index in [4.69, 9.17) is 4.42 Å². The minimum absolute atomic E-state index is 0.0467. The maximum atomic E-state index is 12.6. The number of furan rings is 1. The van der Waals surface area contributed by atoms with Crippen molar-refractivity contribution in [3.8, 4) is 0 Å². The molecule has 0 amide bonds. The van der Waals surface area contributed by atoms with Gasteiger partial charge in [0.05, 0.1) is 28.7 Å². The molecule has 2 aromatic rings. The van der Waals surface area contributed by atoms with Crippen LogP contribution in [0.3, 0.4) is 0 Å². The molecule has 1 N–H and O–H groups in total. The lowest BCUT2D eigenvalue weighted by Crippen LogP contribution is -2.06. The molecule has 0 spiro atoms. The van der Waals surface area contributed by atoms with E-state index in [-0.39, 0.29) is 10.6 Å². The number of nitrogens with one attached hydrogen (secondary N) is 1. The van der Waals surface area contributed by atoms with Crippen molar-refractivity contribution >= 4 is 10.8 Å². The van der Waals surface area contributed by atoms with Crippen LogP contribution in [0.5, 0.6) is 0 Å². The van der Waals surface area contributed by atoms with Crippen molar-refractivity contribution in [1.82, 2.24) is 5.32 Å². The molecule has 21 heavy (non-hydrogen) atoms. The van der Waals surface area contributed by atoms with Gasteiger partial charge in [-0.15, -0.1) is 0 Å². The molecule has 3 nitrogen and oxygen atoms in total. The minimum Gasteiger partial charge on any atom is -0.464 e. The number of halogens is 3. The molecule has 0 aliphatic rings. The molecule has 114 valence electrons. The Morgan fingerprint density at radius 2 is 1.90 bits per heavy atom. The Bertz CT molecular complexity index is 637. The standard InChI is InChI=1S/C14H14F3NO2S/c1-18-8-11-5-6-12(20-11)9-21(19)13-4-2-3-10(7-13)14(15,16)17/h2-7,18H,8-9H2,1H3. The summed E-state index contributed by atoms with van der Waals surface area (Å²) in [6.45, 7) is 0.538. The van der Waals surface area contributed by atoms with E-state index in [9.17, 15) is 17.4 Å². The van der Waals surface area contributed by atoms with Gasteiger partial charge in [-0.1, -0.05) is 6.07 Å². The van der Waals surface area contributed by atoms with E-state index in [1.807, 2.05) is 0 Å². The van der Waals surface area contributed by atoms with Gasteiger partial charge < -0.3 is 9.73 Å². The number of alkyl halides is 3. The van der Waals surface area contributed by atoms with Crippen molar-refractivity contribution in [1.29, 1.82) is 0 Å². The van der Waals surface area contributed by atoms with E-state index in [0.717, 1.165) is 12.1 Å². The predicted octanol–water partition coefficient (Wildman–Crippen LogP) is 3.33. The molecule has 0 saturated heterocycles. The molecular weight excluding hydrogens is 303 g/mol. The fourth-order valence-electron chi connectivity index (χ4n) is 1.80. The van der Waals surface area contributed by atoms with Crippen molar-refractivity contribution in [3.63, 3.8) is 0 Å². The average molecular weight is 317 g/mol. The molecule has 1 unspecified atom stereocenters. The fourth-order valence-corrected chi connectivity index (χ4v) is 2.86. The lowest BCUT2D eigenvalue weighted by molar-refractivity contribution is -0.137. The monoisotopic (exact) mass is 317 g/mol. The van der Waals surface area contributed by atoms with Crippen LogP contribution in [-0.4, -0.2) is 11.3 Å². The van der Waals surface area contributed by atoms with Gasteiger partial charge in [0.15, 0.2) is 0 Å². The Morgan fingerprint density at radius 1 is 1.19 bits per heavy atom. The van der Waals surface area contributed by atoms with Gasteiger partial charge in [0.2, 0.25) is 0 Å². The summed E-state index contributed by atoms with van der Waals surface area (Å²) in [6.07, 6.45) is -4.44. The maximum Gasteiger partial charge on any atom is 0.416 e. The molecule has 1 atom stereocenters.